The number of amides is 3. The second kappa shape index (κ2) is 8.90. The standard InChI is InChI=1S/C20H22BrN3O3/c21-14-5-10-18(25)17(13-14)19(26)22-15-6-8-16(9-7-15)23-20(27)24-11-3-1-2-4-12-24/h5-10,13,25H,1-4,11-12H2,(H,22,26)(H,23,27). The van der Waals surface area contributed by atoms with Crippen molar-refractivity contribution in [2.75, 3.05) is 23.7 Å². The van der Waals surface area contributed by atoms with Crippen molar-refractivity contribution in [3.8, 4) is 5.75 Å². The van der Waals surface area contributed by atoms with Crippen molar-refractivity contribution in [3.05, 3.63) is 52.5 Å². The Labute approximate surface area is 166 Å². The zero-order chi connectivity index (χ0) is 19.2. The summed E-state index contributed by atoms with van der Waals surface area (Å²) >= 11 is 3.28. The van der Waals surface area contributed by atoms with Gasteiger partial charge in [0.05, 0.1) is 5.56 Å². The highest BCUT2D eigenvalue weighted by Crippen LogP contribution is 2.23. The molecule has 3 N–H and O–H groups in total. The molecule has 1 fully saturated rings. The number of rotatable bonds is 3. The molecule has 0 bridgehead atoms. The van der Waals surface area contributed by atoms with Crippen LogP contribution in [0, 0.1) is 0 Å². The highest BCUT2D eigenvalue weighted by atomic mass is 79.9. The molecule has 2 aromatic carbocycles. The van der Waals surface area contributed by atoms with Crippen molar-refractivity contribution in [2.24, 2.45) is 0 Å². The van der Waals surface area contributed by atoms with Crippen LogP contribution in [0.2, 0.25) is 0 Å². The van der Waals surface area contributed by atoms with Crippen molar-refractivity contribution in [1.82, 2.24) is 4.90 Å². The van der Waals surface area contributed by atoms with Crippen LogP contribution in [-0.2, 0) is 0 Å². The minimum Gasteiger partial charge on any atom is -0.507 e. The maximum Gasteiger partial charge on any atom is 0.321 e. The van der Waals surface area contributed by atoms with Crippen molar-refractivity contribution in [2.45, 2.75) is 25.7 Å². The van der Waals surface area contributed by atoms with E-state index in [4.69, 9.17) is 0 Å². The molecule has 0 aromatic heterocycles. The fourth-order valence-electron chi connectivity index (χ4n) is 3.00. The van der Waals surface area contributed by atoms with Crippen molar-refractivity contribution in [3.63, 3.8) is 0 Å². The number of likely N-dealkylation sites (tertiary alicyclic amines) is 1. The Morgan fingerprint density at radius 1 is 0.889 bits per heavy atom. The maximum absolute atomic E-state index is 12.4. The van der Waals surface area contributed by atoms with E-state index in [2.05, 4.69) is 26.6 Å². The number of phenols is 1. The highest BCUT2D eigenvalue weighted by molar-refractivity contribution is 9.10. The van der Waals surface area contributed by atoms with Gasteiger partial charge in [-0.3, -0.25) is 4.79 Å². The number of carbonyl (C=O) groups excluding carboxylic acids is 2. The quantitative estimate of drug-likeness (QED) is 0.651. The van der Waals surface area contributed by atoms with Gasteiger partial charge in [0.25, 0.3) is 5.91 Å². The largest absolute Gasteiger partial charge is 0.507 e. The van der Waals surface area contributed by atoms with E-state index in [0.717, 1.165) is 25.9 Å². The Hall–Kier alpha value is -2.54. The molecule has 6 nitrogen and oxygen atoms in total. The van der Waals surface area contributed by atoms with Gasteiger partial charge in [0.2, 0.25) is 0 Å². The molecule has 0 unspecified atom stereocenters. The van der Waals surface area contributed by atoms with E-state index in [1.165, 1.54) is 18.9 Å². The molecule has 3 amide bonds. The first kappa shape index (κ1) is 19.2. The summed E-state index contributed by atoms with van der Waals surface area (Å²) < 4.78 is 0.706. The number of halogens is 1. The second-order valence-corrected chi connectivity index (χ2v) is 7.44. The SMILES string of the molecule is O=C(Nc1ccc(NC(=O)N2CCCCCC2)cc1)c1cc(Br)ccc1O. The summed E-state index contributed by atoms with van der Waals surface area (Å²) in [6.45, 7) is 1.58. The lowest BCUT2D eigenvalue weighted by molar-refractivity contribution is 0.102. The second-order valence-electron chi connectivity index (χ2n) is 6.52. The van der Waals surface area contributed by atoms with E-state index in [9.17, 15) is 14.7 Å². The number of anilines is 2. The third-order valence-electron chi connectivity index (χ3n) is 4.49. The molecule has 7 heteroatoms. The predicted octanol–water partition coefficient (Wildman–Crippen LogP) is 4.81. The first-order chi connectivity index (χ1) is 13.0. The number of nitrogens with one attached hydrogen (secondary N) is 2. The van der Waals surface area contributed by atoms with Gasteiger partial charge in [0.15, 0.2) is 0 Å². The molecule has 1 aliphatic heterocycles. The third kappa shape index (κ3) is 5.23. The first-order valence-electron chi connectivity index (χ1n) is 8.99. The zero-order valence-corrected chi connectivity index (χ0v) is 16.5. The number of urea groups is 1. The van der Waals surface area contributed by atoms with Gasteiger partial charge < -0.3 is 20.6 Å². The molecule has 0 aliphatic carbocycles. The smallest absolute Gasteiger partial charge is 0.321 e. The van der Waals surface area contributed by atoms with Gasteiger partial charge in [-0.25, -0.2) is 4.79 Å². The molecule has 1 saturated heterocycles. The molecular weight excluding hydrogens is 410 g/mol. The molecule has 0 saturated carbocycles. The van der Waals surface area contributed by atoms with Gasteiger partial charge in [0, 0.05) is 28.9 Å². The molecule has 1 heterocycles. The molecular formula is C20H22BrN3O3. The summed E-state index contributed by atoms with van der Waals surface area (Å²) in [7, 11) is 0. The lowest BCUT2D eigenvalue weighted by atomic mass is 10.2. The van der Waals surface area contributed by atoms with Gasteiger partial charge in [-0.05, 0) is 55.3 Å². The summed E-state index contributed by atoms with van der Waals surface area (Å²) in [6.07, 6.45) is 4.43. The van der Waals surface area contributed by atoms with Crippen LogP contribution in [0.25, 0.3) is 0 Å². The van der Waals surface area contributed by atoms with E-state index < -0.39 is 5.91 Å². The Balaban J connectivity index is 1.60. The van der Waals surface area contributed by atoms with Crippen LogP contribution < -0.4 is 10.6 Å². The van der Waals surface area contributed by atoms with E-state index in [0.29, 0.717) is 15.8 Å². The molecule has 0 spiro atoms. The normalized spacial score (nSPS) is 14.3. The van der Waals surface area contributed by atoms with Crippen LogP contribution in [0.5, 0.6) is 5.75 Å². The van der Waals surface area contributed by atoms with Crippen LogP contribution in [0.1, 0.15) is 36.0 Å². The number of benzene rings is 2. The van der Waals surface area contributed by atoms with Crippen LogP contribution in [0.4, 0.5) is 16.2 Å². The third-order valence-corrected chi connectivity index (χ3v) is 4.98. The summed E-state index contributed by atoms with van der Waals surface area (Å²) in [5, 5.41) is 15.5. The predicted molar refractivity (Wildman–Crippen MR) is 109 cm³/mol. The lowest BCUT2D eigenvalue weighted by Crippen LogP contribution is -2.35. The van der Waals surface area contributed by atoms with Gasteiger partial charge in [0.1, 0.15) is 5.75 Å². The number of carbonyl (C=O) groups is 2. The summed E-state index contributed by atoms with van der Waals surface area (Å²) in [5.74, 6) is -0.493. The monoisotopic (exact) mass is 431 g/mol. The number of hydrogen-bond acceptors (Lipinski definition) is 3. The van der Waals surface area contributed by atoms with Crippen LogP contribution in [-0.4, -0.2) is 35.0 Å². The van der Waals surface area contributed by atoms with Crippen LogP contribution in [0.15, 0.2) is 46.9 Å². The van der Waals surface area contributed by atoms with E-state index in [1.807, 2.05) is 4.90 Å². The molecule has 0 atom stereocenters. The Morgan fingerprint density at radius 3 is 2.11 bits per heavy atom. The van der Waals surface area contributed by atoms with E-state index >= 15 is 0 Å². The minimum absolute atomic E-state index is 0.0861. The van der Waals surface area contributed by atoms with Crippen molar-refractivity contribution in [1.29, 1.82) is 0 Å². The van der Waals surface area contributed by atoms with E-state index in [1.54, 1.807) is 36.4 Å². The lowest BCUT2D eigenvalue weighted by Gasteiger charge is -2.20. The number of nitrogens with zero attached hydrogens (tertiary/aromatic N) is 1. The molecule has 142 valence electrons. The molecule has 0 radical (unpaired) electrons. The summed E-state index contributed by atoms with van der Waals surface area (Å²) in [4.78, 5) is 26.5. The number of hydrogen-bond donors (Lipinski definition) is 3. The Kier molecular flexibility index (Phi) is 6.34. The van der Waals surface area contributed by atoms with Crippen molar-refractivity contribution >= 4 is 39.2 Å². The van der Waals surface area contributed by atoms with Gasteiger partial charge in [-0.1, -0.05) is 28.8 Å². The molecule has 3 rings (SSSR count). The van der Waals surface area contributed by atoms with Gasteiger partial charge >= 0.3 is 6.03 Å². The van der Waals surface area contributed by atoms with Gasteiger partial charge in [-0.2, -0.15) is 0 Å². The van der Waals surface area contributed by atoms with Crippen LogP contribution in [0.3, 0.4) is 0 Å². The first-order valence-corrected chi connectivity index (χ1v) is 9.78. The fourth-order valence-corrected chi connectivity index (χ4v) is 3.36. The Morgan fingerprint density at radius 2 is 1.48 bits per heavy atom. The summed E-state index contributed by atoms with van der Waals surface area (Å²) in [6, 6.07) is 11.5. The molecule has 1 aliphatic rings. The maximum atomic E-state index is 12.4. The van der Waals surface area contributed by atoms with Crippen LogP contribution >= 0.6 is 15.9 Å². The number of phenolic OH excluding ortho intramolecular Hbond substituents is 1. The molecule has 2 aromatic rings. The zero-order valence-electron chi connectivity index (χ0n) is 14.9. The Bertz CT molecular complexity index is 816. The fraction of sp³-hybridized carbons (Fsp3) is 0.300. The average Bonchev–Trinajstić information content (AvgIpc) is 2.95. The number of aromatic hydroxyl groups is 1. The highest BCUT2D eigenvalue weighted by Gasteiger charge is 2.16. The van der Waals surface area contributed by atoms with E-state index in [-0.39, 0.29) is 17.3 Å². The minimum atomic E-state index is -0.407. The van der Waals surface area contributed by atoms with Gasteiger partial charge in [-0.15, -0.1) is 0 Å². The van der Waals surface area contributed by atoms with Crippen molar-refractivity contribution < 1.29 is 14.7 Å². The molecule has 27 heavy (non-hydrogen) atoms. The topological polar surface area (TPSA) is 81.7 Å². The summed E-state index contributed by atoms with van der Waals surface area (Å²) in [5.41, 5.74) is 1.43. The average molecular weight is 432 g/mol.